The van der Waals surface area contributed by atoms with Crippen LogP contribution in [0, 0.1) is 0 Å². The van der Waals surface area contributed by atoms with Gasteiger partial charge in [-0.25, -0.2) is 4.98 Å². The highest BCUT2D eigenvalue weighted by atomic mass is 32.2. The minimum Gasteiger partial charge on any atom is -0.435 e. The standard InChI is InChI=1S/C20H12N2O7S2/c23-30(24,25)12-5-6-13-11(9-12)10-17(31(26,27)28)19-18(13)22-20(29-19)15-7-8-21-16-4-2-1-3-14(15)16/h1-10H,(H,23,24,25)(H,26,27,28). The van der Waals surface area contributed by atoms with Crippen LogP contribution in [0.2, 0.25) is 0 Å². The lowest BCUT2D eigenvalue weighted by Crippen LogP contribution is -2.00. The largest absolute Gasteiger partial charge is 0.435 e. The van der Waals surface area contributed by atoms with E-state index >= 15 is 0 Å². The van der Waals surface area contributed by atoms with Crippen molar-refractivity contribution in [3.05, 3.63) is 60.8 Å². The maximum absolute atomic E-state index is 12.0. The van der Waals surface area contributed by atoms with Crippen LogP contribution in [0.15, 0.2) is 75.0 Å². The van der Waals surface area contributed by atoms with Gasteiger partial charge in [0.1, 0.15) is 10.4 Å². The second-order valence-electron chi connectivity index (χ2n) is 6.78. The van der Waals surface area contributed by atoms with Gasteiger partial charge in [-0.2, -0.15) is 16.8 Å². The number of benzene rings is 3. The summed E-state index contributed by atoms with van der Waals surface area (Å²) in [7, 11) is -9.26. The van der Waals surface area contributed by atoms with Crippen LogP contribution in [0.4, 0.5) is 0 Å². The van der Waals surface area contributed by atoms with E-state index in [4.69, 9.17) is 4.42 Å². The minimum absolute atomic E-state index is 0.102. The predicted octanol–water partition coefficient (Wildman–Crippen LogP) is 3.69. The van der Waals surface area contributed by atoms with Gasteiger partial charge in [0.25, 0.3) is 20.2 Å². The van der Waals surface area contributed by atoms with E-state index < -0.39 is 30.0 Å². The number of nitrogens with zero attached hydrogens (tertiary/aromatic N) is 2. The van der Waals surface area contributed by atoms with Crippen LogP contribution in [0.25, 0.3) is 44.2 Å². The molecule has 9 nitrogen and oxygen atoms in total. The Balaban J connectivity index is 1.89. The predicted molar refractivity (Wildman–Crippen MR) is 112 cm³/mol. The first-order chi connectivity index (χ1) is 14.6. The summed E-state index contributed by atoms with van der Waals surface area (Å²) < 4.78 is 71.8. The van der Waals surface area contributed by atoms with Gasteiger partial charge in [0, 0.05) is 22.5 Å². The summed E-state index contributed by atoms with van der Waals surface area (Å²) >= 11 is 0. The molecule has 0 saturated carbocycles. The first-order valence-electron chi connectivity index (χ1n) is 8.79. The van der Waals surface area contributed by atoms with Crippen molar-refractivity contribution in [2.75, 3.05) is 0 Å². The van der Waals surface area contributed by atoms with Crippen molar-refractivity contribution in [3.8, 4) is 11.5 Å². The second-order valence-corrected chi connectivity index (χ2v) is 9.59. The quantitative estimate of drug-likeness (QED) is 0.388. The summed E-state index contributed by atoms with van der Waals surface area (Å²) in [6.07, 6.45) is 1.56. The van der Waals surface area contributed by atoms with Gasteiger partial charge in [0.2, 0.25) is 5.89 Å². The zero-order valence-corrected chi connectivity index (χ0v) is 17.1. The van der Waals surface area contributed by atoms with E-state index in [2.05, 4.69) is 9.97 Å². The van der Waals surface area contributed by atoms with E-state index in [-0.39, 0.29) is 22.4 Å². The lowest BCUT2D eigenvalue weighted by atomic mass is 10.1. The monoisotopic (exact) mass is 456 g/mol. The highest BCUT2D eigenvalue weighted by Gasteiger charge is 2.24. The number of oxazole rings is 1. The van der Waals surface area contributed by atoms with E-state index in [0.29, 0.717) is 16.5 Å². The number of rotatable bonds is 3. The normalized spacial score (nSPS) is 12.7. The maximum atomic E-state index is 12.0. The molecule has 11 heteroatoms. The first kappa shape index (κ1) is 19.6. The molecule has 0 saturated heterocycles. The van der Waals surface area contributed by atoms with E-state index in [0.717, 1.165) is 17.5 Å². The molecule has 0 unspecified atom stereocenters. The van der Waals surface area contributed by atoms with Crippen LogP contribution in [-0.2, 0) is 20.2 Å². The summed E-state index contributed by atoms with van der Waals surface area (Å²) in [6.45, 7) is 0. The lowest BCUT2D eigenvalue weighted by molar-refractivity contribution is 0.480. The van der Waals surface area contributed by atoms with Crippen LogP contribution < -0.4 is 0 Å². The Morgan fingerprint density at radius 1 is 0.839 bits per heavy atom. The highest BCUT2D eigenvalue weighted by molar-refractivity contribution is 7.86. The van der Waals surface area contributed by atoms with E-state index in [1.54, 1.807) is 18.3 Å². The average Bonchev–Trinajstić information content (AvgIpc) is 3.16. The van der Waals surface area contributed by atoms with Crippen molar-refractivity contribution < 1.29 is 30.4 Å². The molecular formula is C20H12N2O7S2. The van der Waals surface area contributed by atoms with Crippen molar-refractivity contribution in [2.45, 2.75) is 9.79 Å². The molecule has 3 aromatic carbocycles. The molecule has 2 heterocycles. The highest BCUT2D eigenvalue weighted by Crippen LogP contribution is 2.36. The smallest absolute Gasteiger partial charge is 0.298 e. The van der Waals surface area contributed by atoms with Gasteiger partial charge < -0.3 is 4.42 Å². The molecule has 0 radical (unpaired) electrons. The Morgan fingerprint density at radius 3 is 2.35 bits per heavy atom. The number of hydrogen-bond acceptors (Lipinski definition) is 7. The molecular weight excluding hydrogens is 444 g/mol. The van der Waals surface area contributed by atoms with Gasteiger partial charge in [0.15, 0.2) is 5.58 Å². The van der Waals surface area contributed by atoms with Gasteiger partial charge in [-0.3, -0.25) is 14.1 Å². The second kappa shape index (κ2) is 6.56. The molecule has 0 bridgehead atoms. The third-order valence-electron chi connectivity index (χ3n) is 4.87. The Morgan fingerprint density at radius 2 is 1.61 bits per heavy atom. The van der Waals surface area contributed by atoms with Gasteiger partial charge in [-0.15, -0.1) is 0 Å². The summed E-state index contributed by atoms with van der Waals surface area (Å²) in [5.74, 6) is 0.102. The lowest BCUT2D eigenvalue weighted by Gasteiger charge is -2.04. The van der Waals surface area contributed by atoms with Crippen LogP contribution in [-0.4, -0.2) is 35.9 Å². The van der Waals surface area contributed by atoms with Crippen molar-refractivity contribution in [3.63, 3.8) is 0 Å². The number of para-hydroxylation sites is 1. The van der Waals surface area contributed by atoms with Gasteiger partial charge >= 0.3 is 0 Å². The number of fused-ring (bicyclic) bond motifs is 4. The molecule has 5 rings (SSSR count). The molecule has 0 atom stereocenters. The minimum atomic E-state index is -4.74. The summed E-state index contributed by atoms with van der Waals surface area (Å²) in [4.78, 5) is 7.72. The fraction of sp³-hybridized carbons (Fsp3) is 0. The van der Waals surface area contributed by atoms with Gasteiger partial charge in [-0.05, 0) is 35.7 Å². The van der Waals surface area contributed by atoms with Gasteiger partial charge in [0.05, 0.1) is 10.4 Å². The zero-order chi connectivity index (χ0) is 22.0. The average molecular weight is 456 g/mol. The number of pyridine rings is 1. The molecule has 0 spiro atoms. The Kier molecular flexibility index (Phi) is 4.14. The van der Waals surface area contributed by atoms with Crippen LogP contribution in [0.1, 0.15) is 0 Å². The summed E-state index contributed by atoms with van der Waals surface area (Å²) in [5.41, 5.74) is 1.18. The van der Waals surface area contributed by atoms with Crippen molar-refractivity contribution in [2.24, 2.45) is 0 Å². The van der Waals surface area contributed by atoms with E-state index in [9.17, 15) is 25.9 Å². The Bertz CT molecular complexity index is 1740. The summed E-state index contributed by atoms with van der Waals surface area (Å²) in [5, 5.41) is 1.24. The molecule has 2 aromatic heterocycles. The first-order valence-corrected chi connectivity index (χ1v) is 11.7. The van der Waals surface area contributed by atoms with Gasteiger partial charge in [-0.1, -0.05) is 24.3 Å². The molecule has 0 fully saturated rings. The third kappa shape index (κ3) is 3.24. The molecule has 0 amide bonds. The number of hydrogen-bond donors (Lipinski definition) is 2. The third-order valence-corrected chi connectivity index (χ3v) is 6.58. The van der Waals surface area contributed by atoms with Crippen LogP contribution >= 0.6 is 0 Å². The van der Waals surface area contributed by atoms with Crippen molar-refractivity contribution in [1.82, 2.24) is 9.97 Å². The van der Waals surface area contributed by atoms with E-state index in [1.807, 2.05) is 18.2 Å². The maximum Gasteiger partial charge on any atom is 0.298 e. The number of aromatic nitrogens is 2. The summed E-state index contributed by atoms with van der Waals surface area (Å²) in [6, 6.07) is 13.6. The van der Waals surface area contributed by atoms with Crippen LogP contribution in [0.5, 0.6) is 0 Å². The molecule has 0 aliphatic heterocycles. The van der Waals surface area contributed by atoms with Crippen molar-refractivity contribution in [1.29, 1.82) is 0 Å². The Hall–Kier alpha value is -3.38. The molecule has 0 aliphatic rings. The van der Waals surface area contributed by atoms with Crippen molar-refractivity contribution >= 4 is 53.0 Å². The Labute approximate surface area is 175 Å². The topological polar surface area (TPSA) is 148 Å². The molecule has 31 heavy (non-hydrogen) atoms. The molecule has 5 aromatic rings. The molecule has 2 N–H and O–H groups in total. The fourth-order valence-electron chi connectivity index (χ4n) is 3.50. The van der Waals surface area contributed by atoms with E-state index in [1.165, 1.54) is 12.1 Å². The SMILES string of the molecule is O=S(=O)(O)c1ccc2c(c1)cc(S(=O)(=O)O)c1oc(-c3ccnc4ccccc34)nc12. The molecule has 156 valence electrons. The fourth-order valence-corrected chi connectivity index (χ4v) is 4.67. The zero-order valence-electron chi connectivity index (χ0n) is 15.4. The molecule has 0 aliphatic carbocycles. The van der Waals surface area contributed by atoms with Crippen LogP contribution in [0.3, 0.4) is 0 Å².